The monoisotopic (exact) mass is 400 g/mol. The number of benzene rings is 1. The highest BCUT2D eigenvalue weighted by atomic mass is 16.1. The first-order valence-electron chi connectivity index (χ1n) is 10.1. The van der Waals surface area contributed by atoms with E-state index in [0.29, 0.717) is 17.9 Å². The lowest BCUT2D eigenvalue weighted by Crippen LogP contribution is -2.16. The zero-order valence-corrected chi connectivity index (χ0v) is 17.2. The lowest BCUT2D eigenvalue weighted by Gasteiger charge is -2.07. The van der Waals surface area contributed by atoms with Crippen LogP contribution in [0.5, 0.6) is 0 Å². The van der Waals surface area contributed by atoms with Crippen molar-refractivity contribution in [3.05, 3.63) is 88.4 Å². The topological polar surface area (TPSA) is 78.5 Å². The first kappa shape index (κ1) is 19.7. The minimum Gasteiger partial charge on any atom is -0.288 e. The number of aryl methyl sites for hydroxylation is 2. The van der Waals surface area contributed by atoms with Crippen LogP contribution in [0.25, 0.3) is 17.1 Å². The van der Waals surface area contributed by atoms with Crippen molar-refractivity contribution < 1.29 is 0 Å². The molecular formula is C23H24N6O. The van der Waals surface area contributed by atoms with Crippen molar-refractivity contribution in [1.29, 1.82) is 0 Å². The van der Waals surface area contributed by atoms with Crippen molar-refractivity contribution in [2.75, 3.05) is 0 Å². The Bertz CT molecular complexity index is 1190. The van der Waals surface area contributed by atoms with Gasteiger partial charge in [0.25, 0.3) is 0 Å². The van der Waals surface area contributed by atoms with Crippen LogP contribution in [0.15, 0.2) is 66.1 Å². The lowest BCUT2D eigenvalue weighted by molar-refractivity contribution is 0.762. The van der Waals surface area contributed by atoms with Gasteiger partial charge in [-0.05, 0) is 30.0 Å². The van der Waals surface area contributed by atoms with Crippen LogP contribution < -0.4 is 5.43 Å². The molecule has 0 bridgehead atoms. The molecule has 0 saturated carbocycles. The molecular weight excluding hydrogens is 376 g/mol. The molecule has 4 rings (SSSR count). The Kier molecular flexibility index (Phi) is 5.79. The number of nitrogens with zero attached hydrogens (tertiary/aromatic N) is 6. The zero-order chi connectivity index (χ0) is 20.9. The third-order valence-electron chi connectivity index (χ3n) is 4.92. The highest BCUT2D eigenvalue weighted by Gasteiger charge is 2.09. The van der Waals surface area contributed by atoms with E-state index in [1.807, 2.05) is 49.9 Å². The number of aromatic nitrogens is 6. The molecule has 3 heterocycles. The molecule has 4 aromatic rings. The molecule has 30 heavy (non-hydrogen) atoms. The maximum Gasteiger partial charge on any atom is 0.203 e. The molecule has 0 amide bonds. The van der Waals surface area contributed by atoms with Crippen LogP contribution in [0.2, 0.25) is 0 Å². The van der Waals surface area contributed by atoms with Crippen LogP contribution in [0.4, 0.5) is 0 Å². The maximum absolute atomic E-state index is 12.4. The largest absolute Gasteiger partial charge is 0.288 e. The van der Waals surface area contributed by atoms with Gasteiger partial charge in [0, 0.05) is 43.7 Å². The Morgan fingerprint density at radius 3 is 2.60 bits per heavy atom. The third-order valence-corrected chi connectivity index (χ3v) is 4.92. The molecule has 0 fully saturated rings. The summed E-state index contributed by atoms with van der Waals surface area (Å²) < 4.78 is 3.37. The maximum atomic E-state index is 12.4. The average Bonchev–Trinajstić information content (AvgIpc) is 3.21. The molecule has 7 heteroatoms. The summed E-state index contributed by atoms with van der Waals surface area (Å²) in [6.07, 6.45) is 12.7. The minimum atomic E-state index is -0.0860. The normalized spacial score (nSPS) is 11.0. The van der Waals surface area contributed by atoms with E-state index in [-0.39, 0.29) is 5.43 Å². The number of rotatable bonds is 7. The summed E-state index contributed by atoms with van der Waals surface area (Å²) in [5, 5.41) is 8.67. The second kappa shape index (κ2) is 8.82. The van der Waals surface area contributed by atoms with Crippen LogP contribution in [-0.2, 0) is 19.9 Å². The zero-order valence-electron chi connectivity index (χ0n) is 17.2. The fourth-order valence-electron chi connectivity index (χ4n) is 3.27. The van der Waals surface area contributed by atoms with Crippen molar-refractivity contribution in [3.8, 4) is 17.1 Å². The first-order chi connectivity index (χ1) is 14.6. The summed E-state index contributed by atoms with van der Waals surface area (Å²) in [7, 11) is 1.84. The lowest BCUT2D eigenvalue weighted by atomic mass is 10.1. The molecule has 152 valence electrons. The molecule has 0 aliphatic carbocycles. The van der Waals surface area contributed by atoms with Crippen molar-refractivity contribution in [2.45, 2.75) is 32.6 Å². The van der Waals surface area contributed by atoms with E-state index in [2.05, 4.69) is 27.1 Å². The SMILES string of the molecule is CCCCc1cnc(-c2cccc(Cc3nn(-c4cnn(C)c4)ccc3=O)c2)nc1. The molecule has 0 saturated heterocycles. The quantitative estimate of drug-likeness (QED) is 0.475. The molecule has 0 aliphatic rings. The standard InChI is InChI=1S/C23H24N6O/c1-3-4-6-18-13-24-23(25-14-18)19-8-5-7-17(11-19)12-21-22(30)9-10-29(27-21)20-15-26-28(2)16-20/h5,7-11,13-16H,3-4,6,12H2,1-2H3. The Morgan fingerprint density at radius 1 is 1.03 bits per heavy atom. The Morgan fingerprint density at radius 2 is 1.87 bits per heavy atom. The van der Waals surface area contributed by atoms with E-state index in [1.54, 1.807) is 21.8 Å². The Hall–Kier alpha value is -3.61. The molecule has 0 spiro atoms. The fraction of sp³-hybridized carbons (Fsp3) is 0.261. The van der Waals surface area contributed by atoms with Gasteiger partial charge in [0.05, 0.1) is 12.4 Å². The van der Waals surface area contributed by atoms with Gasteiger partial charge in [-0.3, -0.25) is 9.48 Å². The van der Waals surface area contributed by atoms with Gasteiger partial charge in [-0.2, -0.15) is 10.2 Å². The fourth-order valence-corrected chi connectivity index (χ4v) is 3.27. The van der Waals surface area contributed by atoms with E-state index in [1.165, 1.54) is 6.07 Å². The summed E-state index contributed by atoms with van der Waals surface area (Å²) in [5.74, 6) is 0.686. The second-order valence-corrected chi connectivity index (χ2v) is 7.34. The van der Waals surface area contributed by atoms with E-state index in [4.69, 9.17) is 0 Å². The van der Waals surface area contributed by atoms with E-state index in [0.717, 1.165) is 41.6 Å². The summed E-state index contributed by atoms with van der Waals surface area (Å²) >= 11 is 0. The molecule has 1 aromatic carbocycles. The summed E-state index contributed by atoms with van der Waals surface area (Å²) in [5.41, 5.74) is 4.27. The Balaban J connectivity index is 1.57. The summed E-state index contributed by atoms with van der Waals surface area (Å²) in [6.45, 7) is 2.17. The van der Waals surface area contributed by atoms with E-state index < -0.39 is 0 Å². The van der Waals surface area contributed by atoms with Crippen LogP contribution in [0.3, 0.4) is 0 Å². The van der Waals surface area contributed by atoms with E-state index >= 15 is 0 Å². The predicted molar refractivity (Wildman–Crippen MR) is 115 cm³/mol. The van der Waals surface area contributed by atoms with Gasteiger partial charge in [-0.15, -0.1) is 0 Å². The summed E-state index contributed by atoms with van der Waals surface area (Å²) in [4.78, 5) is 21.4. The van der Waals surface area contributed by atoms with Gasteiger partial charge in [0.15, 0.2) is 5.82 Å². The van der Waals surface area contributed by atoms with Gasteiger partial charge in [0.1, 0.15) is 11.4 Å². The average molecular weight is 400 g/mol. The molecule has 0 N–H and O–H groups in total. The third kappa shape index (κ3) is 4.51. The van der Waals surface area contributed by atoms with Crippen LogP contribution >= 0.6 is 0 Å². The number of hydrogen-bond acceptors (Lipinski definition) is 5. The van der Waals surface area contributed by atoms with E-state index in [9.17, 15) is 4.79 Å². The van der Waals surface area contributed by atoms with Crippen molar-refractivity contribution in [1.82, 2.24) is 29.5 Å². The molecule has 0 aliphatic heterocycles. The van der Waals surface area contributed by atoms with Crippen molar-refractivity contribution in [3.63, 3.8) is 0 Å². The van der Waals surface area contributed by atoms with Gasteiger partial charge >= 0.3 is 0 Å². The van der Waals surface area contributed by atoms with Gasteiger partial charge in [-0.1, -0.05) is 31.5 Å². The first-order valence-corrected chi connectivity index (χ1v) is 10.1. The van der Waals surface area contributed by atoms with Crippen LogP contribution in [-0.4, -0.2) is 29.5 Å². The Labute approximate surface area is 175 Å². The molecule has 7 nitrogen and oxygen atoms in total. The van der Waals surface area contributed by atoms with Crippen LogP contribution in [0, 0.1) is 0 Å². The number of unbranched alkanes of at least 4 members (excludes halogenated alkanes) is 1. The highest BCUT2D eigenvalue weighted by molar-refractivity contribution is 5.56. The van der Waals surface area contributed by atoms with Gasteiger partial charge < -0.3 is 0 Å². The van der Waals surface area contributed by atoms with Crippen molar-refractivity contribution >= 4 is 0 Å². The highest BCUT2D eigenvalue weighted by Crippen LogP contribution is 2.18. The molecule has 3 aromatic heterocycles. The second-order valence-electron chi connectivity index (χ2n) is 7.34. The molecule has 0 atom stereocenters. The number of hydrogen-bond donors (Lipinski definition) is 0. The van der Waals surface area contributed by atoms with Gasteiger partial charge in [-0.25, -0.2) is 14.6 Å². The summed E-state index contributed by atoms with van der Waals surface area (Å²) in [6, 6.07) is 9.49. The molecule has 0 radical (unpaired) electrons. The van der Waals surface area contributed by atoms with Crippen LogP contribution in [0.1, 0.15) is 36.6 Å². The smallest absolute Gasteiger partial charge is 0.203 e. The molecule has 0 unspecified atom stereocenters. The minimum absolute atomic E-state index is 0.0860. The van der Waals surface area contributed by atoms with Crippen molar-refractivity contribution in [2.24, 2.45) is 7.05 Å². The predicted octanol–water partition coefficient (Wildman–Crippen LogP) is 3.36. The van der Waals surface area contributed by atoms with Gasteiger partial charge in [0.2, 0.25) is 5.43 Å².